The highest BCUT2D eigenvalue weighted by Gasteiger charge is 2.24. The number of anilines is 1. The molecule has 0 aliphatic heterocycles. The minimum atomic E-state index is 0.287. The Kier molecular flexibility index (Phi) is 3.93. The van der Waals surface area contributed by atoms with Crippen LogP contribution in [0, 0.1) is 0 Å². The van der Waals surface area contributed by atoms with Gasteiger partial charge < -0.3 is 10.3 Å². The number of thiophene rings is 1. The number of hydrogen-bond donors (Lipinski definition) is 1. The Hall–Kier alpha value is -1.49. The van der Waals surface area contributed by atoms with Crippen molar-refractivity contribution in [2.75, 3.05) is 5.73 Å². The molecular weight excluding hydrogens is 327 g/mol. The fraction of sp³-hybridized carbons (Fsp3) is 0.133. The quantitative estimate of drug-likeness (QED) is 0.683. The fourth-order valence-corrected chi connectivity index (χ4v) is 3.81. The molecule has 0 amide bonds. The lowest BCUT2D eigenvalue weighted by Gasteiger charge is -2.07. The highest BCUT2D eigenvalue weighted by molar-refractivity contribution is 7.13. The summed E-state index contributed by atoms with van der Waals surface area (Å²) in [4.78, 5) is 1.01. The molecule has 1 aromatic carbocycles. The van der Waals surface area contributed by atoms with Gasteiger partial charge >= 0.3 is 0 Å². The Balaban J connectivity index is 2.28. The van der Waals surface area contributed by atoms with Crippen molar-refractivity contribution in [3.8, 4) is 21.8 Å². The van der Waals surface area contributed by atoms with Crippen LogP contribution in [0.4, 0.5) is 5.82 Å². The SMILES string of the molecule is CCc1ccsc1-c1onc(N)c1-c1c(Cl)cccc1Cl. The summed E-state index contributed by atoms with van der Waals surface area (Å²) in [6.07, 6.45) is 0.898. The Morgan fingerprint density at radius 1 is 1.19 bits per heavy atom. The standard InChI is InChI=1S/C15H12Cl2N2OS/c1-2-8-6-7-21-14(8)13-12(15(18)19-20-13)11-9(16)4-3-5-10(11)17/h3-7H,2H2,1H3,(H2,18,19). The number of nitrogens with two attached hydrogens (primary N) is 1. The third-order valence-corrected chi connectivity index (χ3v) is 4.85. The van der Waals surface area contributed by atoms with Crippen LogP contribution in [0.25, 0.3) is 21.8 Å². The lowest BCUT2D eigenvalue weighted by molar-refractivity contribution is 0.436. The first-order valence-corrected chi connectivity index (χ1v) is 8.03. The molecule has 6 heteroatoms. The van der Waals surface area contributed by atoms with Crippen LogP contribution in [-0.4, -0.2) is 5.16 Å². The van der Waals surface area contributed by atoms with Gasteiger partial charge in [-0.2, -0.15) is 0 Å². The van der Waals surface area contributed by atoms with Crippen LogP contribution in [0.5, 0.6) is 0 Å². The second-order valence-electron chi connectivity index (χ2n) is 4.50. The molecule has 0 saturated carbocycles. The Labute approximate surface area is 136 Å². The molecule has 0 fully saturated rings. The van der Waals surface area contributed by atoms with Gasteiger partial charge in [-0.15, -0.1) is 11.3 Å². The second kappa shape index (κ2) is 5.72. The van der Waals surface area contributed by atoms with Gasteiger partial charge in [0.05, 0.1) is 20.5 Å². The van der Waals surface area contributed by atoms with E-state index in [1.165, 1.54) is 5.56 Å². The third kappa shape index (κ3) is 2.44. The topological polar surface area (TPSA) is 52.0 Å². The predicted octanol–water partition coefficient (Wildman–Crippen LogP) is 5.52. The molecule has 21 heavy (non-hydrogen) atoms. The summed E-state index contributed by atoms with van der Waals surface area (Å²) in [6.45, 7) is 2.09. The lowest BCUT2D eigenvalue weighted by Crippen LogP contribution is -1.91. The highest BCUT2D eigenvalue weighted by Crippen LogP contribution is 2.45. The average molecular weight is 339 g/mol. The molecule has 0 bridgehead atoms. The monoisotopic (exact) mass is 338 g/mol. The van der Waals surface area contributed by atoms with Crippen LogP contribution in [0.15, 0.2) is 34.2 Å². The summed E-state index contributed by atoms with van der Waals surface area (Å²) in [5, 5.41) is 6.96. The van der Waals surface area contributed by atoms with E-state index in [0.717, 1.165) is 11.3 Å². The fourth-order valence-electron chi connectivity index (χ4n) is 2.25. The summed E-state index contributed by atoms with van der Waals surface area (Å²) in [5.74, 6) is 0.907. The summed E-state index contributed by atoms with van der Waals surface area (Å²) < 4.78 is 5.46. The van der Waals surface area contributed by atoms with Crippen molar-refractivity contribution in [2.45, 2.75) is 13.3 Å². The van der Waals surface area contributed by atoms with E-state index in [9.17, 15) is 0 Å². The summed E-state index contributed by atoms with van der Waals surface area (Å²) in [5.41, 5.74) is 8.49. The normalized spacial score (nSPS) is 11.0. The number of hydrogen-bond acceptors (Lipinski definition) is 4. The van der Waals surface area contributed by atoms with E-state index in [4.69, 9.17) is 33.5 Å². The van der Waals surface area contributed by atoms with Crippen LogP contribution in [-0.2, 0) is 6.42 Å². The molecule has 2 N–H and O–H groups in total. The predicted molar refractivity (Wildman–Crippen MR) is 89.1 cm³/mol. The maximum absolute atomic E-state index is 6.29. The number of benzene rings is 1. The molecule has 2 heterocycles. The number of nitrogen functional groups attached to an aromatic ring is 1. The summed E-state index contributed by atoms with van der Waals surface area (Å²) >= 11 is 14.2. The molecule has 3 nitrogen and oxygen atoms in total. The molecule has 0 aliphatic carbocycles. The zero-order valence-corrected chi connectivity index (χ0v) is 13.5. The van der Waals surface area contributed by atoms with E-state index in [2.05, 4.69) is 18.1 Å². The number of halogens is 2. The molecular formula is C15H12Cl2N2OS. The minimum absolute atomic E-state index is 0.287. The van der Waals surface area contributed by atoms with Crippen LogP contribution >= 0.6 is 34.5 Å². The van der Waals surface area contributed by atoms with Crippen molar-refractivity contribution in [2.24, 2.45) is 0 Å². The molecule has 2 aromatic heterocycles. The van der Waals surface area contributed by atoms with Crippen LogP contribution < -0.4 is 5.73 Å². The number of rotatable bonds is 3. The molecule has 0 radical (unpaired) electrons. The molecule has 0 aliphatic rings. The van der Waals surface area contributed by atoms with Gasteiger partial charge in [-0.25, -0.2) is 0 Å². The molecule has 0 unspecified atom stereocenters. The van der Waals surface area contributed by atoms with Crippen molar-refractivity contribution in [3.05, 3.63) is 45.3 Å². The minimum Gasteiger partial charge on any atom is -0.380 e. The third-order valence-electron chi connectivity index (χ3n) is 3.27. The lowest BCUT2D eigenvalue weighted by atomic mass is 10.0. The Bertz CT molecular complexity index is 775. The van der Waals surface area contributed by atoms with Crippen molar-refractivity contribution >= 4 is 40.4 Å². The smallest absolute Gasteiger partial charge is 0.187 e. The van der Waals surface area contributed by atoms with E-state index in [1.54, 1.807) is 29.5 Å². The van der Waals surface area contributed by atoms with Crippen LogP contribution in [0.2, 0.25) is 10.0 Å². The zero-order valence-electron chi connectivity index (χ0n) is 11.2. The summed E-state index contributed by atoms with van der Waals surface area (Å²) in [7, 11) is 0. The van der Waals surface area contributed by atoms with E-state index in [1.807, 2.05) is 5.38 Å². The summed E-state index contributed by atoms with van der Waals surface area (Å²) in [6, 6.07) is 7.40. The van der Waals surface area contributed by atoms with E-state index >= 15 is 0 Å². The molecule has 0 saturated heterocycles. The van der Waals surface area contributed by atoms with E-state index < -0.39 is 0 Å². The first kappa shape index (κ1) is 14.4. The molecule has 3 rings (SSSR count). The maximum atomic E-state index is 6.29. The first-order chi connectivity index (χ1) is 10.1. The Morgan fingerprint density at radius 3 is 2.57 bits per heavy atom. The Morgan fingerprint density at radius 2 is 1.90 bits per heavy atom. The van der Waals surface area contributed by atoms with Gasteiger partial charge in [-0.05, 0) is 35.6 Å². The number of aromatic nitrogens is 1. The van der Waals surface area contributed by atoms with Gasteiger partial charge in [0.25, 0.3) is 0 Å². The van der Waals surface area contributed by atoms with E-state index in [-0.39, 0.29) is 5.82 Å². The molecule has 0 spiro atoms. The second-order valence-corrected chi connectivity index (χ2v) is 6.23. The van der Waals surface area contributed by atoms with Crippen molar-refractivity contribution in [3.63, 3.8) is 0 Å². The van der Waals surface area contributed by atoms with E-state index in [0.29, 0.717) is 26.9 Å². The molecule has 3 aromatic rings. The first-order valence-electron chi connectivity index (χ1n) is 6.39. The average Bonchev–Trinajstić information content (AvgIpc) is 3.06. The van der Waals surface area contributed by atoms with Crippen LogP contribution in [0.1, 0.15) is 12.5 Å². The number of aryl methyl sites for hydroxylation is 1. The number of nitrogens with zero attached hydrogens (tertiary/aromatic N) is 1. The van der Waals surface area contributed by atoms with Crippen molar-refractivity contribution in [1.82, 2.24) is 5.16 Å². The zero-order chi connectivity index (χ0) is 15.0. The highest BCUT2D eigenvalue weighted by atomic mass is 35.5. The van der Waals surface area contributed by atoms with Gasteiger partial charge in [0, 0.05) is 5.56 Å². The van der Waals surface area contributed by atoms with Gasteiger partial charge in [0.1, 0.15) is 0 Å². The van der Waals surface area contributed by atoms with Gasteiger partial charge in [-0.3, -0.25) is 0 Å². The van der Waals surface area contributed by atoms with Crippen molar-refractivity contribution < 1.29 is 4.52 Å². The van der Waals surface area contributed by atoms with Gasteiger partial charge in [-0.1, -0.05) is 41.3 Å². The van der Waals surface area contributed by atoms with Crippen LogP contribution in [0.3, 0.4) is 0 Å². The molecule has 108 valence electrons. The largest absolute Gasteiger partial charge is 0.380 e. The van der Waals surface area contributed by atoms with Gasteiger partial charge in [0.2, 0.25) is 0 Å². The molecule has 0 atom stereocenters. The van der Waals surface area contributed by atoms with Gasteiger partial charge in [0.15, 0.2) is 11.6 Å². The van der Waals surface area contributed by atoms with Crippen molar-refractivity contribution in [1.29, 1.82) is 0 Å². The maximum Gasteiger partial charge on any atom is 0.187 e.